The number of ether oxygens (including phenoxy) is 1. The van der Waals surface area contributed by atoms with Crippen LogP contribution in [0.4, 0.5) is 0 Å². The van der Waals surface area contributed by atoms with Crippen molar-refractivity contribution >= 4 is 29.1 Å². The second-order valence-corrected chi connectivity index (χ2v) is 3.64. The molecule has 0 amide bonds. The van der Waals surface area contributed by atoms with Gasteiger partial charge < -0.3 is 4.74 Å². The summed E-state index contributed by atoms with van der Waals surface area (Å²) in [5, 5.41) is 0.556. The first-order valence-corrected chi connectivity index (χ1v) is 4.70. The van der Waals surface area contributed by atoms with Crippen LogP contribution in [-0.4, -0.2) is 11.9 Å². The van der Waals surface area contributed by atoms with E-state index in [1.807, 2.05) is 6.92 Å². The molecule has 1 aromatic carbocycles. The van der Waals surface area contributed by atoms with E-state index in [9.17, 15) is 9.59 Å². The third-order valence-electron chi connectivity index (χ3n) is 2.16. The molecular weight excluding hydrogens is 216 g/mol. The van der Waals surface area contributed by atoms with Crippen LogP contribution in [0.5, 0.6) is 0 Å². The Hall–Kier alpha value is -1.61. The largest absolute Gasteiger partial charge is 0.386 e. The minimum Gasteiger partial charge on any atom is -0.386 e. The molecule has 1 aliphatic rings. The molecule has 4 heteroatoms. The Bertz CT molecular complexity index is 489. The topological polar surface area (TPSA) is 43.4 Å². The van der Waals surface area contributed by atoms with Gasteiger partial charge >= 0.3 is 11.9 Å². The molecule has 0 atom stereocenters. The number of carbonyl (C=O) groups excluding carboxylic acids is 2. The number of benzene rings is 1. The number of esters is 2. The summed E-state index contributed by atoms with van der Waals surface area (Å²) >= 11 is 5.91. The maximum Gasteiger partial charge on any atom is 0.346 e. The molecule has 1 heterocycles. The van der Waals surface area contributed by atoms with Gasteiger partial charge in [0.2, 0.25) is 0 Å². The minimum atomic E-state index is -0.633. The molecule has 1 aromatic rings. The van der Waals surface area contributed by atoms with E-state index in [1.54, 1.807) is 18.2 Å². The van der Waals surface area contributed by atoms with E-state index in [2.05, 4.69) is 4.74 Å². The van der Waals surface area contributed by atoms with Crippen LogP contribution in [-0.2, 0) is 14.3 Å². The van der Waals surface area contributed by atoms with Crippen molar-refractivity contribution in [2.45, 2.75) is 6.92 Å². The van der Waals surface area contributed by atoms with Crippen LogP contribution in [0, 0.1) is 6.92 Å². The molecule has 1 aliphatic heterocycles. The van der Waals surface area contributed by atoms with E-state index in [0.29, 0.717) is 10.6 Å². The number of aryl methyl sites for hydroxylation is 1. The predicted octanol–water partition coefficient (Wildman–Crippen LogP) is 2.12. The second kappa shape index (κ2) is 3.51. The zero-order valence-electron chi connectivity index (χ0n) is 7.91. The number of halogens is 1. The number of carbonyl (C=O) groups is 2. The standard InChI is InChI=1S/C11H7ClO3/c1-6-2-3-7(4-9(6)12)8-5-10(13)15-11(8)14/h2-5H,1H3. The number of hydrogen-bond donors (Lipinski definition) is 0. The number of hydrogen-bond acceptors (Lipinski definition) is 3. The normalized spacial score (nSPS) is 15.2. The summed E-state index contributed by atoms with van der Waals surface area (Å²) in [6, 6.07) is 5.16. The molecule has 3 nitrogen and oxygen atoms in total. The van der Waals surface area contributed by atoms with E-state index in [1.165, 1.54) is 6.08 Å². The minimum absolute atomic E-state index is 0.252. The Labute approximate surface area is 91.3 Å². The highest BCUT2D eigenvalue weighted by Crippen LogP contribution is 2.25. The fourth-order valence-electron chi connectivity index (χ4n) is 1.31. The molecule has 0 saturated heterocycles. The first-order chi connectivity index (χ1) is 7.08. The Morgan fingerprint density at radius 1 is 1.27 bits per heavy atom. The molecular formula is C11H7ClO3. The molecule has 0 radical (unpaired) electrons. The Balaban J connectivity index is 2.47. The maximum absolute atomic E-state index is 11.2. The van der Waals surface area contributed by atoms with E-state index >= 15 is 0 Å². The van der Waals surface area contributed by atoms with Gasteiger partial charge in [-0.25, -0.2) is 9.59 Å². The van der Waals surface area contributed by atoms with Gasteiger partial charge in [-0.1, -0.05) is 23.7 Å². The molecule has 0 spiro atoms. The van der Waals surface area contributed by atoms with Crippen molar-refractivity contribution in [3.05, 3.63) is 40.4 Å². The first-order valence-electron chi connectivity index (χ1n) is 4.32. The summed E-state index contributed by atoms with van der Waals surface area (Å²) < 4.78 is 4.38. The van der Waals surface area contributed by atoms with Crippen LogP contribution in [0.15, 0.2) is 24.3 Å². The first kappa shape index (κ1) is 9.93. The summed E-state index contributed by atoms with van der Waals surface area (Å²) in [6.07, 6.45) is 1.17. The van der Waals surface area contributed by atoms with Crippen molar-refractivity contribution in [1.29, 1.82) is 0 Å². The van der Waals surface area contributed by atoms with Crippen LogP contribution >= 0.6 is 11.6 Å². The quantitative estimate of drug-likeness (QED) is 0.540. The molecule has 0 unspecified atom stereocenters. The van der Waals surface area contributed by atoms with E-state index in [4.69, 9.17) is 11.6 Å². The molecule has 0 N–H and O–H groups in total. The molecule has 15 heavy (non-hydrogen) atoms. The van der Waals surface area contributed by atoms with Crippen molar-refractivity contribution in [2.24, 2.45) is 0 Å². The average Bonchev–Trinajstić information content (AvgIpc) is 2.50. The Kier molecular flexibility index (Phi) is 2.32. The van der Waals surface area contributed by atoms with Crippen LogP contribution in [0.1, 0.15) is 11.1 Å². The third-order valence-corrected chi connectivity index (χ3v) is 2.57. The van der Waals surface area contributed by atoms with Gasteiger partial charge in [0.1, 0.15) is 0 Å². The van der Waals surface area contributed by atoms with Gasteiger partial charge in [0.05, 0.1) is 5.57 Å². The Morgan fingerprint density at radius 2 is 2.00 bits per heavy atom. The molecule has 0 saturated carbocycles. The van der Waals surface area contributed by atoms with Gasteiger partial charge in [0.25, 0.3) is 0 Å². The maximum atomic E-state index is 11.2. The van der Waals surface area contributed by atoms with Crippen molar-refractivity contribution in [1.82, 2.24) is 0 Å². The SMILES string of the molecule is Cc1ccc(C2=CC(=O)OC2=O)cc1Cl. The van der Waals surface area contributed by atoms with E-state index in [-0.39, 0.29) is 5.57 Å². The lowest BCUT2D eigenvalue weighted by molar-refractivity contribution is -0.149. The zero-order valence-corrected chi connectivity index (χ0v) is 8.67. The molecule has 2 rings (SSSR count). The fraction of sp³-hybridized carbons (Fsp3) is 0.0909. The van der Waals surface area contributed by atoms with Crippen LogP contribution in [0.3, 0.4) is 0 Å². The van der Waals surface area contributed by atoms with E-state index < -0.39 is 11.9 Å². The summed E-state index contributed by atoms with van der Waals surface area (Å²) in [5.41, 5.74) is 1.77. The summed E-state index contributed by atoms with van der Waals surface area (Å²) in [5.74, 6) is -1.26. The lowest BCUT2D eigenvalue weighted by Gasteiger charge is -2.02. The highest BCUT2D eigenvalue weighted by molar-refractivity contribution is 6.32. The molecule has 0 aliphatic carbocycles. The Morgan fingerprint density at radius 3 is 2.53 bits per heavy atom. The van der Waals surface area contributed by atoms with Crippen molar-refractivity contribution < 1.29 is 14.3 Å². The zero-order chi connectivity index (χ0) is 11.0. The van der Waals surface area contributed by atoms with Crippen molar-refractivity contribution in [3.8, 4) is 0 Å². The highest BCUT2D eigenvalue weighted by atomic mass is 35.5. The van der Waals surface area contributed by atoms with Gasteiger partial charge in [-0.2, -0.15) is 0 Å². The van der Waals surface area contributed by atoms with Gasteiger partial charge in [0.15, 0.2) is 0 Å². The van der Waals surface area contributed by atoms with Crippen LogP contribution in [0.25, 0.3) is 5.57 Å². The summed E-state index contributed by atoms with van der Waals surface area (Å²) in [6.45, 7) is 1.86. The molecule has 76 valence electrons. The molecule has 0 bridgehead atoms. The lowest BCUT2D eigenvalue weighted by Crippen LogP contribution is -2.01. The number of cyclic esters (lactones) is 2. The molecule has 0 fully saturated rings. The van der Waals surface area contributed by atoms with Crippen molar-refractivity contribution in [2.75, 3.05) is 0 Å². The van der Waals surface area contributed by atoms with Crippen molar-refractivity contribution in [3.63, 3.8) is 0 Å². The van der Waals surface area contributed by atoms with Gasteiger partial charge in [-0.3, -0.25) is 0 Å². The second-order valence-electron chi connectivity index (χ2n) is 3.23. The van der Waals surface area contributed by atoms with Gasteiger partial charge in [-0.05, 0) is 24.1 Å². The molecule has 0 aromatic heterocycles. The third kappa shape index (κ3) is 1.78. The van der Waals surface area contributed by atoms with Gasteiger partial charge in [-0.15, -0.1) is 0 Å². The van der Waals surface area contributed by atoms with Crippen LogP contribution < -0.4 is 0 Å². The average molecular weight is 223 g/mol. The van der Waals surface area contributed by atoms with Crippen LogP contribution in [0.2, 0.25) is 5.02 Å². The predicted molar refractivity (Wildman–Crippen MR) is 55.3 cm³/mol. The smallest absolute Gasteiger partial charge is 0.346 e. The lowest BCUT2D eigenvalue weighted by atomic mass is 10.1. The van der Waals surface area contributed by atoms with E-state index in [0.717, 1.165) is 5.56 Å². The summed E-state index contributed by atoms with van der Waals surface area (Å²) in [7, 11) is 0. The van der Waals surface area contributed by atoms with Gasteiger partial charge in [0, 0.05) is 11.1 Å². The fourth-order valence-corrected chi connectivity index (χ4v) is 1.49. The number of rotatable bonds is 1. The highest BCUT2D eigenvalue weighted by Gasteiger charge is 2.24. The summed E-state index contributed by atoms with van der Waals surface area (Å²) in [4.78, 5) is 22.1. The monoisotopic (exact) mass is 222 g/mol.